The van der Waals surface area contributed by atoms with Crippen LogP contribution in [0.15, 0.2) is 54.1 Å². The Morgan fingerprint density at radius 1 is 0.935 bits per heavy atom. The highest BCUT2D eigenvalue weighted by molar-refractivity contribution is 6.26. The van der Waals surface area contributed by atoms with Crippen LogP contribution in [0.2, 0.25) is 0 Å². The van der Waals surface area contributed by atoms with Crippen molar-refractivity contribution in [3.63, 3.8) is 0 Å². The molecule has 1 heterocycles. The van der Waals surface area contributed by atoms with Gasteiger partial charge in [0, 0.05) is 29.3 Å². The third-order valence-corrected chi connectivity index (χ3v) is 6.98. The molecule has 1 N–H and O–H groups in total. The van der Waals surface area contributed by atoms with Crippen molar-refractivity contribution in [3.05, 3.63) is 59.7 Å². The summed E-state index contributed by atoms with van der Waals surface area (Å²) in [5.41, 5.74) is 3.99. The summed E-state index contributed by atoms with van der Waals surface area (Å²) in [6, 6.07) is 15.9. The summed E-state index contributed by atoms with van der Waals surface area (Å²) in [7, 11) is 1.64. The molecule has 1 aromatic heterocycles. The zero-order valence-corrected chi connectivity index (χ0v) is 17.9. The summed E-state index contributed by atoms with van der Waals surface area (Å²) in [5.74, 6) is 0.733. The van der Waals surface area contributed by atoms with Crippen LogP contribution in [0.5, 0.6) is 5.75 Å². The molecule has 2 fully saturated rings. The van der Waals surface area contributed by atoms with E-state index in [9.17, 15) is 9.59 Å². The highest BCUT2D eigenvalue weighted by Crippen LogP contribution is 2.47. The zero-order chi connectivity index (χ0) is 21.4. The lowest BCUT2D eigenvalue weighted by Gasteiger charge is -2.39. The fraction of sp³-hybridized carbons (Fsp3) is 0.333. The van der Waals surface area contributed by atoms with Gasteiger partial charge in [0.1, 0.15) is 5.75 Å². The fourth-order valence-electron chi connectivity index (χ4n) is 5.35. The van der Waals surface area contributed by atoms with Gasteiger partial charge < -0.3 is 9.72 Å². The highest BCUT2D eigenvalue weighted by Gasteiger charge is 2.42. The molecule has 0 atom stereocenters. The fourth-order valence-corrected chi connectivity index (χ4v) is 5.35. The van der Waals surface area contributed by atoms with Crippen molar-refractivity contribution in [1.29, 1.82) is 0 Å². The molecule has 2 aromatic carbocycles. The molecule has 158 valence electrons. The first-order valence-electron chi connectivity index (χ1n) is 11.1. The van der Waals surface area contributed by atoms with Gasteiger partial charge in [0.15, 0.2) is 11.6 Å². The van der Waals surface area contributed by atoms with E-state index >= 15 is 0 Å². The Balaban J connectivity index is 1.63. The van der Waals surface area contributed by atoms with E-state index in [2.05, 4.69) is 4.98 Å². The molecular weight excluding hydrogens is 386 g/mol. The van der Waals surface area contributed by atoms with E-state index in [4.69, 9.17) is 4.74 Å². The number of carbonyl (C=O) groups is 2. The first-order chi connectivity index (χ1) is 15.1. The van der Waals surface area contributed by atoms with Crippen molar-refractivity contribution >= 4 is 28.5 Å². The van der Waals surface area contributed by atoms with Gasteiger partial charge in [-0.05, 0) is 48.1 Å². The molecule has 0 saturated heterocycles. The quantitative estimate of drug-likeness (QED) is 0.416. The van der Waals surface area contributed by atoms with Crippen LogP contribution in [-0.4, -0.2) is 23.7 Å². The van der Waals surface area contributed by atoms with Gasteiger partial charge in [0.05, 0.1) is 18.4 Å². The summed E-state index contributed by atoms with van der Waals surface area (Å²) in [5, 5.41) is 0.948. The predicted octanol–water partition coefficient (Wildman–Crippen LogP) is 6.11. The Morgan fingerprint density at radius 2 is 1.65 bits per heavy atom. The Bertz CT molecular complexity index is 1160. The lowest BCUT2D eigenvalue weighted by atomic mass is 9.63. The van der Waals surface area contributed by atoms with Gasteiger partial charge in [-0.15, -0.1) is 0 Å². The average molecular weight is 414 g/mol. The molecule has 0 amide bonds. The molecule has 5 rings (SSSR count). The van der Waals surface area contributed by atoms with E-state index in [1.807, 2.05) is 54.6 Å². The number of fused-ring (bicyclic) bond motifs is 1. The van der Waals surface area contributed by atoms with E-state index in [-0.39, 0.29) is 17.0 Å². The normalized spacial score (nSPS) is 18.5. The second-order valence-corrected chi connectivity index (χ2v) is 9.01. The van der Waals surface area contributed by atoms with Crippen LogP contribution < -0.4 is 4.74 Å². The second kappa shape index (κ2) is 7.84. The molecule has 4 nitrogen and oxygen atoms in total. The molecule has 0 radical (unpaired) electrons. The van der Waals surface area contributed by atoms with Gasteiger partial charge in [-0.25, -0.2) is 0 Å². The number of Topliss-reactive ketones (excluding diaryl/α,β-unsaturated/α-hetero) is 2. The number of methoxy groups -OCH3 is 1. The van der Waals surface area contributed by atoms with Crippen LogP contribution in [0.3, 0.4) is 0 Å². The minimum atomic E-state index is -0.102. The molecule has 2 aliphatic carbocycles. The van der Waals surface area contributed by atoms with Gasteiger partial charge >= 0.3 is 0 Å². The molecule has 2 aliphatic rings. The van der Waals surface area contributed by atoms with E-state index in [1.165, 1.54) is 6.42 Å². The number of carbonyl (C=O) groups excluding carboxylic acids is 2. The number of hydrogen-bond donors (Lipinski definition) is 1. The Kier molecular flexibility index (Phi) is 5.01. The van der Waals surface area contributed by atoms with Crippen molar-refractivity contribution in [3.8, 4) is 17.0 Å². The lowest BCUT2D eigenvalue weighted by Crippen LogP contribution is -2.37. The maximum Gasteiger partial charge on any atom is 0.167 e. The summed E-state index contributed by atoms with van der Waals surface area (Å²) in [6.07, 6.45) is 8.27. The van der Waals surface area contributed by atoms with Gasteiger partial charge in [-0.3, -0.25) is 9.59 Å². The number of aromatic nitrogens is 1. The summed E-state index contributed by atoms with van der Waals surface area (Å²) >= 11 is 0. The van der Waals surface area contributed by atoms with E-state index in [0.29, 0.717) is 18.4 Å². The number of rotatable bonds is 3. The number of ketones is 2. The third-order valence-electron chi connectivity index (χ3n) is 6.98. The summed E-state index contributed by atoms with van der Waals surface area (Å²) in [6.45, 7) is 0. The second-order valence-electron chi connectivity index (χ2n) is 9.01. The van der Waals surface area contributed by atoms with Crippen molar-refractivity contribution in [2.75, 3.05) is 7.11 Å². The molecule has 31 heavy (non-hydrogen) atoms. The van der Waals surface area contributed by atoms with Gasteiger partial charge in [-0.2, -0.15) is 0 Å². The van der Waals surface area contributed by atoms with Crippen LogP contribution in [-0.2, 0) is 9.59 Å². The minimum Gasteiger partial charge on any atom is -0.497 e. The standard InChI is InChI=1S/C27H27NO3/c1-31-19-10-11-23-20(14-19)21(26(28-23)18-8-4-2-5-9-18)15-22-24(29)16-27(17-25(22)30)12-6-3-7-13-27/h2,4-5,8-11,14-15,28H,3,6-7,12-13,16-17H2,1H3. The van der Waals surface area contributed by atoms with Crippen molar-refractivity contribution < 1.29 is 14.3 Å². The summed E-state index contributed by atoms with van der Waals surface area (Å²) in [4.78, 5) is 29.9. The third kappa shape index (κ3) is 3.60. The first-order valence-corrected chi connectivity index (χ1v) is 11.1. The molecule has 2 saturated carbocycles. The van der Waals surface area contributed by atoms with Crippen LogP contribution in [0, 0.1) is 5.41 Å². The maximum absolute atomic E-state index is 13.2. The van der Waals surface area contributed by atoms with E-state index < -0.39 is 0 Å². The molecule has 1 spiro atoms. The van der Waals surface area contributed by atoms with Crippen LogP contribution in [0.4, 0.5) is 0 Å². The molecule has 0 aliphatic heterocycles. The van der Waals surface area contributed by atoms with E-state index in [1.54, 1.807) is 7.11 Å². The SMILES string of the molecule is COc1ccc2[nH]c(-c3ccccc3)c(C=C3C(=O)CC4(CCCCC4)CC3=O)c2c1. The monoisotopic (exact) mass is 413 g/mol. The van der Waals surface area contributed by atoms with Crippen LogP contribution >= 0.6 is 0 Å². The lowest BCUT2D eigenvalue weighted by molar-refractivity contribution is -0.129. The number of ether oxygens (including phenoxy) is 1. The van der Waals surface area contributed by atoms with Crippen LogP contribution in [0.1, 0.15) is 50.5 Å². The number of hydrogen-bond acceptors (Lipinski definition) is 3. The Morgan fingerprint density at radius 3 is 2.32 bits per heavy atom. The molecular formula is C27H27NO3. The first kappa shape index (κ1) is 19.8. The topological polar surface area (TPSA) is 59.2 Å². The molecule has 0 unspecified atom stereocenters. The maximum atomic E-state index is 13.2. The number of aromatic amines is 1. The number of H-pyrrole nitrogens is 1. The van der Waals surface area contributed by atoms with Crippen LogP contribution in [0.25, 0.3) is 28.2 Å². The number of allylic oxidation sites excluding steroid dienone is 1. The molecule has 0 bridgehead atoms. The van der Waals surface area contributed by atoms with E-state index in [0.717, 1.165) is 59.2 Å². The Labute approximate surface area is 182 Å². The van der Waals surface area contributed by atoms with Gasteiger partial charge in [0.2, 0.25) is 0 Å². The Hall–Kier alpha value is -3.14. The van der Waals surface area contributed by atoms with Crippen molar-refractivity contribution in [2.24, 2.45) is 5.41 Å². The van der Waals surface area contributed by atoms with Crippen molar-refractivity contribution in [2.45, 2.75) is 44.9 Å². The summed E-state index contributed by atoms with van der Waals surface area (Å²) < 4.78 is 5.43. The number of benzene rings is 2. The minimum absolute atomic E-state index is 0.00518. The highest BCUT2D eigenvalue weighted by atomic mass is 16.5. The average Bonchev–Trinajstić information content (AvgIpc) is 3.15. The number of nitrogens with one attached hydrogen (secondary N) is 1. The zero-order valence-electron chi connectivity index (χ0n) is 17.9. The largest absolute Gasteiger partial charge is 0.497 e. The molecule has 4 heteroatoms. The van der Waals surface area contributed by atoms with Gasteiger partial charge in [0.25, 0.3) is 0 Å². The van der Waals surface area contributed by atoms with Crippen molar-refractivity contribution in [1.82, 2.24) is 4.98 Å². The predicted molar refractivity (Wildman–Crippen MR) is 123 cm³/mol. The smallest absolute Gasteiger partial charge is 0.167 e. The van der Waals surface area contributed by atoms with Gasteiger partial charge in [-0.1, -0.05) is 49.6 Å². The molecule has 3 aromatic rings.